The third kappa shape index (κ3) is 4.33. The van der Waals surface area contributed by atoms with Gasteiger partial charge < -0.3 is 14.2 Å². The van der Waals surface area contributed by atoms with Crippen LogP contribution in [0.25, 0.3) is 0 Å². The van der Waals surface area contributed by atoms with Crippen LogP contribution in [-0.4, -0.2) is 55.6 Å². The van der Waals surface area contributed by atoms with Crippen LogP contribution in [0.15, 0.2) is 43.0 Å². The summed E-state index contributed by atoms with van der Waals surface area (Å²) < 4.78 is 14.6. The summed E-state index contributed by atoms with van der Waals surface area (Å²) in [5, 5.41) is 0. The molecule has 0 bridgehead atoms. The van der Waals surface area contributed by atoms with Crippen LogP contribution < -0.4 is 0 Å². The molecule has 2 rings (SSSR count). The summed E-state index contributed by atoms with van der Waals surface area (Å²) in [7, 11) is 2.23. The van der Waals surface area contributed by atoms with Crippen LogP contribution in [0.5, 0.6) is 0 Å². The molecular formula is C19H21NO7. The molecule has 1 aromatic carbocycles. The van der Waals surface area contributed by atoms with E-state index in [1.807, 2.05) is 6.07 Å². The molecule has 27 heavy (non-hydrogen) atoms. The Balaban J connectivity index is 2.51. The van der Waals surface area contributed by atoms with Crippen molar-refractivity contribution in [1.29, 1.82) is 0 Å². The molecular weight excluding hydrogens is 354 g/mol. The Morgan fingerprint density at radius 1 is 1.22 bits per heavy atom. The van der Waals surface area contributed by atoms with Crippen molar-refractivity contribution in [3.8, 4) is 0 Å². The van der Waals surface area contributed by atoms with Crippen molar-refractivity contribution in [1.82, 2.24) is 4.90 Å². The minimum absolute atomic E-state index is 0.0245. The van der Waals surface area contributed by atoms with Gasteiger partial charge in [-0.25, -0.2) is 4.79 Å². The monoisotopic (exact) mass is 375 g/mol. The number of allylic oxidation sites excluding steroid dienone is 1. The Kier molecular flexibility index (Phi) is 6.70. The molecule has 1 aliphatic heterocycles. The van der Waals surface area contributed by atoms with Gasteiger partial charge in [0.1, 0.15) is 6.61 Å². The van der Waals surface area contributed by atoms with Crippen molar-refractivity contribution in [3.05, 3.63) is 48.6 Å². The molecule has 1 aromatic rings. The first-order valence-electron chi connectivity index (χ1n) is 8.25. The van der Waals surface area contributed by atoms with E-state index in [2.05, 4.69) is 6.58 Å². The fraction of sp³-hybridized carbons (Fsp3) is 0.368. The highest BCUT2D eigenvalue weighted by Gasteiger charge is 2.48. The number of carbonyl (C=O) groups is 4. The van der Waals surface area contributed by atoms with Gasteiger partial charge in [0.2, 0.25) is 0 Å². The van der Waals surface area contributed by atoms with Crippen molar-refractivity contribution < 1.29 is 33.4 Å². The van der Waals surface area contributed by atoms with E-state index in [-0.39, 0.29) is 13.0 Å². The van der Waals surface area contributed by atoms with E-state index in [1.165, 1.54) is 4.90 Å². The van der Waals surface area contributed by atoms with Gasteiger partial charge in [0.25, 0.3) is 0 Å². The number of ketones is 1. The third-order valence-electron chi connectivity index (χ3n) is 4.39. The van der Waals surface area contributed by atoms with Gasteiger partial charge in [-0.15, -0.1) is 0 Å². The Labute approximate surface area is 156 Å². The van der Waals surface area contributed by atoms with Gasteiger partial charge >= 0.3 is 18.0 Å². The first-order valence-corrected chi connectivity index (χ1v) is 8.25. The first kappa shape index (κ1) is 20.2. The van der Waals surface area contributed by atoms with Gasteiger partial charge in [-0.05, 0) is 11.6 Å². The van der Waals surface area contributed by atoms with Crippen molar-refractivity contribution in [2.45, 2.75) is 18.5 Å². The molecule has 1 heterocycles. The highest BCUT2D eigenvalue weighted by Crippen LogP contribution is 2.34. The molecule has 144 valence electrons. The fourth-order valence-electron chi connectivity index (χ4n) is 3.06. The second-order valence-electron chi connectivity index (χ2n) is 5.88. The van der Waals surface area contributed by atoms with Crippen LogP contribution in [0, 0.1) is 5.92 Å². The Morgan fingerprint density at radius 3 is 2.33 bits per heavy atom. The van der Waals surface area contributed by atoms with Crippen molar-refractivity contribution >= 4 is 23.8 Å². The molecule has 0 spiro atoms. The van der Waals surface area contributed by atoms with Crippen LogP contribution in [0.4, 0.5) is 4.79 Å². The number of ether oxygens (including phenoxy) is 3. The van der Waals surface area contributed by atoms with E-state index >= 15 is 0 Å². The predicted octanol–water partition coefficient (Wildman–Crippen LogP) is 1.66. The van der Waals surface area contributed by atoms with E-state index < -0.39 is 41.8 Å². The smallest absolute Gasteiger partial charge is 0.410 e. The van der Waals surface area contributed by atoms with Gasteiger partial charge in [0, 0.05) is 6.42 Å². The van der Waals surface area contributed by atoms with Gasteiger partial charge in [-0.1, -0.05) is 36.9 Å². The highest BCUT2D eigenvalue weighted by molar-refractivity contribution is 5.98. The number of nitrogens with zero attached hydrogens (tertiary/aromatic N) is 1. The number of methoxy groups -OCH3 is 2. The van der Waals surface area contributed by atoms with Gasteiger partial charge in [-0.2, -0.15) is 0 Å². The summed E-state index contributed by atoms with van der Waals surface area (Å²) in [5.74, 6) is -3.75. The fourth-order valence-corrected chi connectivity index (χ4v) is 3.06. The maximum Gasteiger partial charge on any atom is 0.410 e. The van der Waals surface area contributed by atoms with Gasteiger partial charge in [0.05, 0.1) is 26.3 Å². The van der Waals surface area contributed by atoms with Crippen LogP contribution in [0.3, 0.4) is 0 Å². The van der Waals surface area contributed by atoms with E-state index in [0.29, 0.717) is 0 Å². The number of esters is 2. The summed E-state index contributed by atoms with van der Waals surface area (Å²) in [6, 6.07) is 7.26. The van der Waals surface area contributed by atoms with E-state index in [1.54, 1.807) is 24.3 Å². The van der Waals surface area contributed by atoms with Crippen molar-refractivity contribution in [3.63, 3.8) is 0 Å². The van der Waals surface area contributed by atoms with E-state index in [4.69, 9.17) is 14.2 Å². The standard InChI is InChI=1S/C19H21NO7/c1-4-13(21)10-14(16(17(22)25-2)18(23)26-3)20-15(11-27-19(20)24)12-8-6-5-7-9-12/h4-9,14-16H,1,10-11H2,2-3H3/t14-,15-/m1/s1. The number of hydrogen-bond donors (Lipinski definition) is 0. The van der Waals surface area contributed by atoms with Crippen molar-refractivity contribution in [2.75, 3.05) is 20.8 Å². The minimum Gasteiger partial charge on any atom is -0.468 e. The Bertz CT molecular complexity index is 715. The number of benzene rings is 1. The van der Waals surface area contributed by atoms with Crippen LogP contribution in [0.1, 0.15) is 18.0 Å². The molecule has 0 radical (unpaired) electrons. The highest BCUT2D eigenvalue weighted by atomic mass is 16.6. The van der Waals surface area contributed by atoms with Crippen LogP contribution in [-0.2, 0) is 28.6 Å². The van der Waals surface area contributed by atoms with Gasteiger partial charge in [0.15, 0.2) is 11.7 Å². The molecule has 1 saturated heterocycles. The number of hydrogen-bond acceptors (Lipinski definition) is 7. The second kappa shape index (κ2) is 8.98. The minimum atomic E-state index is -1.50. The lowest BCUT2D eigenvalue weighted by atomic mass is 9.91. The zero-order valence-corrected chi connectivity index (χ0v) is 15.1. The van der Waals surface area contributed by atoms with Crippen LogP contribution in [0.2, 0.25) is 0 Å². The molecule has 2 atom stereocenters. The van der Waals surface area contributed by atoms with E-state index in [9.17, 15) is 19.2 Å². The molecule has 0 unspecified atom stereocenters. The summed E-state index contributed by atoms with van der Waals surface area (Å²) in [5.41, 5.74) is 0.743. The molecule has 8 nitrogen and oxygen atoms in total. The predicted molar refractivity (Wildman–Crippen MR) is 93.5 cm³/mol. The lowest BCUT2D eigenvalue weighted by molar-refractivity contribution is -0.162. The molecule has 0 aliphatic carbocycles. The number of cyclic esters (lactones) is 1. The summed E-state index contributed by atoms with van der Waals surface area (Å²) in [6.07, 6.45) is 0.0254. The van der Waals surface area contributed by atoms with Gasteiger partial charge in [-0.3, -0.25) is 19.3 Å². The molecule has 0 saturated carbocycles. The number of carbonyl (C=O) groups excluding carboxylic acids is 4. The zero-order valence-electron chi connectivity index (χ0n) is 15.1. The summed E-state index contributed by atoms with van der Waals surface area (Å²) in [4.78, 5) is 50.3. The molecule has 8 heteroatoms. The Hall–Kier alpha value is -3.16. The maximum atomic E-state index is 12.5. The lowest BCUT2D eigenvalue weighted by Gasteiger charge is -2.33. The second-order valence-corrected chi connectivity index (χ2v) is 5.88. The van der Waals surface area contributed by atoms with E-state index in [0.717, 1.165) is 25.9 Å². The summed E-state index contributed by atoms with van der Waals surface area (Å²) >= 11 is 0. The molecule has 1 aliphatic rings. The zero-order chi connectivity index (χ0) is 20.0. The number of amides is 1. The maximum absolute atomic E-state index is 12.5. The first-order chi connectivity index (χ1) is 12.9. The molecule has 0 aromatic heterocycles. The normalized spacial score (nSPS) is 17.2. The average molecular weight is 375 g/mol. The summed E-state index contributed by atoms with van der Waals surface area (Å²) in [6.45, 7) is 3.43. The third-order valence-corrected chi connectivity index (χ3v) is 4.39. The molecule has 1 fully saturated rings. The largest absolute Gasteiger partial charge is 0.468 e. The van der Waals surface area contributed by atoms with Crippen molar-refractivity contribution in [2.24, 2.45) is 5.92 Å². The quantitative estimate of drug-likeness (QED) is 0.295. The van der Waals surface area contributed by atoms with Crippen LogP contribution >= 0.6 is 0 Å². The molecule has 0 N–H and O–H groups in total. The lowest BCUT2D eigenvalue weighted by Crippen LogP contribution is -2.50. The SMILES string of the molecule is C=CC(=O)C[C@H](C(C(=O)OC)C(=O)OC)N1C(=O)OC[C@@H]1c1ccccc1. The molecule has 1 amide bonds. The Morgan fingerprint density at radius 2 is 1.81 bits per heavy atom. The topological polar surface area (TPSA) is 99.2 Å². The average Bonchev–Trinajstić information content (AvgIpc) is 3.08. The number of rotatable bonds is 8.